The van der Waals surface area contributed by atoms with Crippen LogP contribution in [-0.4, -0.2) is 43.0 Å². The topological polar surface area (TPSA) is 23.6 Å². The van der Waals surface area contributed by atoms with Crippen molar-refractivity contribution in [1.29, 1.82) is 0 Å². The van der Waals surface area contributed by atoms with Crippen LogP contribution in [0.4, 0.5) is 0 Å². The smallest absolute Gasteiger partial charge is 0.210 e. The monoisotopic (exact) mass is 142 g/mol. The fourth-order valence-electron chi connectivity index (χ4n) is 1.49. The predicted molar refractivity (Wildman–Crippen MR) is 39.4 cm³/mol. The molecule has 1 heterocycles. The van der Waals surface area contributed by atoms with Crippen molar-refractivity contribution < 1.29 is 4.79 Å². The molecule has 1 rings (SSSR count). The number of rotatable bonds is 1. The van der Waals surface area contributed by atoms with Crippen molar-refractivity contribution in [3.8, 4) is 0 Å². The van der Waals surface area contributed by atoms with Gasteiger partial charge in [0.15, 0.2) is 0 Å². The Morgan fingerprint density at radius 2 is 2.20 bits per heavy atom. The lowest BCUT2D eigenvalue weighted by Gasteiger charge is -2.34. The average Bonchev–Trinajstić information content (AvgIpc) is 1.85. The van der Waals surface area contributed by atoms with Crippen molar-refractivity contribution in [3.05, 3.63) is 0 Å². The molecule has 1 fully saturated rings. The molecule has 0 aromatic rings. The van der Waals surface area contributed by atoms with Crippen LogP contribution in [0.5, 0.6) is 0 Å². The third-order valence-corrected chi connectivity index (χ3v) is 1.74. The van der Waals surface area contributed by atoms with E-state index < -0.39 is 0 Å². The van der Waals surface area contributed by atoms with E-state index in [9.17, 15) is 4.79 Å². The Morgan fingerprint density at radius 1 is 1.50 bits per heavy atom. The lowest BCUT2D eigenvalue weighted by molar-refractivity contribution is -0.122. The van der Waals surface area contributed by atoms with Crippen LogP contribution in [0.15, 0.2) is 0 Å². The summed E-state index contributed by atoms with van der Waals surface area (Å²) in [6.45, 7) is 4.96. The largest absolute Gasteiger partial charge is 0.332 e. The van der Waals surface area contributed by atoms with Gasteiger partial charge in [0.25, 0.3) is 0 Å². The molecule has 1 amide bonds. The van der Waals surface area contributed by atoms with Crippen LogP contribution in [0.1, 0.15) is 6.92 Å². The average molecular weight is 142 g/mol. The lowest BCUT2D eigenvalue weighted by atomic mass is 10.1. The SMILES string of the molecule is CC1CN(C)CN(C=O)C1. The third kappa shape index (κ3) is 1.70. The minimum absolute atomic E-state index is 0.615. The first-order chi connectivity index (χ1) is 4.72. The van der Waals surface area contributed by atoms with E-state index in [4.69, 9.17) is 0 Å². The zero-order valence-corrected chi connectivity index (χ0v) is 6.58. The Labute approximate surface area is 61.6 Å². The van der Waals surface area contributed by atoms with Gasteiger partial charge in [-0.3, -0.25) is 9.69 Å². The van der Waals surface area contributed by atoms with Gasteiger partial charge in [-0.15, -0.1) is 0 Å². The van der Waals surface area contributed by atoms with E-state index in [1.165, 1.54) is 0 Å². The highest BCUT2D eigenvalue weighted by atomic mass is 16.1. The van der Waals surface area contributed by atoms with Crippen LogP contribution in [-0.2, 0) is 4.79 Å². The maximum absolute atomic E-state index is 10.4. The van der Waals surface area contributed by atoms with Gasteiger partial charge in [0.1, 0.15) is 0 Å². The Kier molecular flexibility index (Phi) is 2.27. The van der Waals surface area contributed by atoms with Crippen molar-refractivity contribution in [1.82, 2.24) is 9.80 Å². The number of amides is 1. The van der Waals surface area contributed by atoms with E-state index in [0.29, 0.717) is 5.92 Å². The van der Waals surface area contributed by atoms with Gasteiger partial charge in [0, 0.05) is 13.1 Å². The summed E-state index contributed by atoms with van der Waals surface area (Å²) >= 11 is 0. The van der Waals surface area contributed by atoms with E-state index in [0.717, 1.165) is 26.2 Å². The summed E-state index contributed by atoms with van der Waals surface area (Å²) in [5.74, 6) is 0.615. The van der Waals surface area contributed by atoms with Crippen LogP contribution in [0.3, 0.4) is 0 Å². The highest BCUT2D eigenvalue weighted by molar-refractivity contribution is 5.47. The molecule has 3 heteroatoms. The van der Waals surface area contributed by atoms with E-state index in [-0.39, 0.29) is 0 Å². The zero-order chi connectivity index (χ0) is 7.56. The quantitative estimate of drug-likeness (QED) is 0.480. The third-order valence-electron chi connectivity index (χ3n) is 1.74. The Balaban J connectivity index is 2.42. The molecule has 1 atom stereocenters. The van der Waals surface area contributed by atoms with Crippen molar-refractivity contribution in [3.63, 3.8) is 0 Å². The lowest BCUT2D eigenvalue weighted by Crippen LogP contribution is -2.46. The molecule has 10 heavy (non-hydrogen) atoms. The zero-order valence-electron chi connectivity index (χ0n) is 6.58. The summed E-state index contributed by atoms with van der Waals surface area (Å²) in [7, 11) is 2.03. The standard InChI is InChI=1S/C7H14N2O/c1-7-3-8(2)5-9(4-7)6-10/h6-7H,3-5H2,1-2H3. The van der Waals surface area contributed by atoms with Gasteiger partial charge in [-0.1, -0.05) is 6.92 Å². The minimum Gasteiger partial charge on any atom is -0.332 e. The normalized spacial score (nSPS) is 28.6. The van der Waals surface area contributed by atoms with Crippen molar-refractivity contribution in [2.45, 2.75) is 6.92 Å². The van der Waals surface area contributed by atoms with E-state index in [1.807, 2.05) is 7.05 Å². The molecule has 0 radical (unpaired) electrons. The fraction of sp³-hybridized carbons (Fsp3) is 0.857. The number of carbonyl (C=O) groups is 1. The summed E-state index contributed by atoms with van der Waals surface area (Å²) in [6, 6.07) is 0. The Morgan fingerprint density at radius 3 is 2.70 bits per heavy atom. The van der Waals surface area contributed by atoms with Crippen LogP contribution < -0.4 is 0 Å². The summed E-state index contributed by atoms with van der Waals surface area (Å²) in [5, 5.41) is 0. The molecular weight excluding hydrogens is 128 g/mol. The Bertz CT molecular complexity index is 117. The number of carbonyl (C=O) groups excluding carboxylic acids is 1. The van der Waals surface area contributed by atoms with E-state index >= 15 is 0 Å². The fourth-order valence-corrected chi connectivity index (χ4v) is 1.49. The first-order valence-electron chi connectivity index (χ1n) is 3.60. The molecule has 1 unspecified atom stereocenters. The summed E-state index contributed by atoms with van der Waals surface area (Å²) < 4.78 is 0. The first kappa shape index (κ1) is 7.54. The van der Waals surface area contributed by atoms with Crippen LogP contribution >= 0.6 is 0 Å². The highest BCUT2D eigenvalue weighted by Gasteiger charge is 2.17. The first-order valence-corrected chi connectivity index (χ1v) is 3.60. The number of nitrogens with zero attached hydrogens (tertiary/aromatic N) is 2. The van der Waals surface area contributed by atoms with Crippen molar-refractivity contribution in [2.75, 3.05) is 26.8 Å². The van der Waals surface area contributed by atoms with Gasteiger partial charge in [-0.2, -0.15) is 0 Å². The van der Waals surface area contributed by atoms with Crippen molar-refractivity contribution in [2.24, 2.45) is 5.92 Å². The molecule has 0 bridgehead atoms. The van der Waals surface area contributed by atoms with Gasteiger partial charge in [0.2, 0.25) is 6.41 Å². The molecule has 0 spiro atoms. The molecular formula is C7H14N2O. The predicted octanol–water partition coefficient (Wildman–Crippen LogP) is -0.0162. The maximum atomic E-state index is 10.4. The van der Waals surface area contributed by atoms with Crippen molar-refractivity contribution >= 4 is 6.41 Å². The number of hydrogen-bond acceptors (Lipinski definition) is 2. The molecule has 1 saturated heterocycles. The van der Waals surface area contributed by atoms with Gasteiger partial charge < -0.3 is 4.90 Å². The van der Waals surface area contributed by atoms with Gasteiger partial charge in [-0.05, 0) is 13.0 Å². The van der Waals surface area contributed by atoms with Crippen LogP contribution in [0, 0.1) is 5.92 Å². The van der Waals surface area contributed by atoms with E-state index in [1.54, 1.807) is 4.90 Å². The highest BCUT2D eigenvalue weighted by Crippen LogP contribution is 2.07. The van der Waals surface area contributed by atoms with E-state index in [2.05, 4.69) is 11.8 Å². The molecule has 0 N–H and O–H groups in total. The molecule has 58 valence electrons. The van der Waals surface area contributed by atoms with Gasteiger partial charge >= 0.3 is 0 Å². The Hall–Kier alpha value is -0.570. The molecule has 0 aromatic carbocycles. The van der Waals surface area contributed by atoms with Crippen LogP contribution in [0.25, 0.3) is 0 Å². The molecule has 1 aliphatic heterocycles. The molecule has 1 aliphatic rings. The number of hydrogen-bond donors (Lipinski definition) is 0. The second-order valence-electron chi connectivity index (χ2n) is 3.16. The minimum atomic E-state index is 0.615. The van der Waals surface area contributed by atoms with Gasteiger partial charge in [0.05, 0.1) is 6.67 Å². The molecule has 3 nitrogen and oxygen atoms in total. The summed E-state index contributed by atoms with van der Waals surface area (Å²) in [6.07, 6.45) is 0.923. The second kappa shape index (κ2) is 3.01. The van der Waals surface area contributed by atoms with Crippen LogP contribution in [0.2, 0.25) is 0 Å². The summed E-state index contributed by atoms with van der Waals surface area (Å²) in [4.78, 5) is 14.3. The maximum Gasteiger partial charge on any atom is 0.210 e. The summed E-state index contributed by atoms with van der Waals surface area (Å²) in [5.41, 5.74) is 0. The molecule has 0 aromatic heterocycles. The molecule has 0 saturated carbocycles. The molecule has 0 aliphatic carbocycles. The van der Waals surface area contributed by atoms with Gasteiger partial charge in [-0.25, -0.2) is 0 Å². The second-order valence-corrected chi connectivity index (χ2v) is 3.16.